The van der Waals surface area contributed by atoms with Crippen molar-refractivity contribution in [3.63, 3.8) is 0 Å². The molecule has 0 unspecified atom stereocenters. The molecule has 0 radical (unpaired) electrons. The summed E-state index contributed by atoms with van der Waals surface area (Å²) in [5, 5.41) is 11.5. The molecule has 2 N–H and O–H groups in total. The molecule has 5 rings (SSSR count). The lowest BCUT2D eigenvalue weighted by atomic mass is 10.1. The molecule has 0 aliphatic heterocycles. The van der Waals surface area contributed by atoms with E-state index in [2.05, 4.69) is 10.3 Å². The molecule has 0 saturated carbocycles. The van der Waals surface area contributed by atoms with Gasteiger partial charge in [0.1, 0.15) is 16.9 Å². The Hall–Kier alpha value is -4.71. The second-order valence-electron chi connectivity index (χ2n) is 8.78. The first-order valence-corrected chi connectivity index (χ1v) is 13.1. The summed E-state index contributed by atoms with van der Waals surface area (Å²) in [4.78, 5) is 40.0. The van der Waals surface area contributed by atoms with Crippen molar-refractivity contribution in [1.82, 2.24) is 14.9 Å². The predicted octanol–water partition coefficient (Wildman–Crippen LogP) is 5.33. The molecular weight excluding hydrogens is 559 g/mol. The zero-order valence-corrected chi connectivity index (χ0v) is 22.5. The Balaban J connectivity index is 0.000000493. The second-order valence-corrected chi connectivity index (χ2v) is 9.80. The number of nitrogens with one attached hydrogen (secondary N) is 1. The maximum atomic E-state index is 13.4. The Labute approximate surface area is 235 Å². The standard InChI is InChI=1S/C27H23N3O3S.C2HF3O2/c1-30-21-10-6-5-9-20(21)24-22(27(30)32)23(33-17-19-11-14-28-15-12-19)25(34-24)26(31)29-16-13-18-7-3-2-4-8-18;3-2(4,5)1(6)7/h2-12,14-15H,13,16-17H2,1H3,(H,29,31);(H,6,7). The Bertz CT molecular complexity index is 1740. The molecule has 3 aromatic heterocycles. The number of ether oxygens (including phenoxy) is 1. The minimum atomic E-state index is -5.08. The van der Waals surface area contributed by atoms with Crippen molar-refractivity contribution in [3.8, 4) is 5.75 Å². The van der Waals surface area contributed by atoms with Crippen LogP contribution in [0.3, 0.4) is 0 Å². The van der Waals surface area contributed by atoms with Crippen LogP contribution in [-0.4, -0.2) is 39.3 Å². The normalized spacial score (nSPS) is 11.1. The highest BCUT2D eigenvalue weighted by atomic mass is 32.1. The van der Waals surface area contributed by atoms with Crippen molar-refractivity contribution >= 4 is 44.2 Å². The Morgan fingerprint density at radius 2 is 1.63 bits per heavy atom. The van der Waals surface area contributed by atoms with Gasteiger partial charge < -0.3 is 19.7 Å². The number of alkyl halides is 3. The van der Waals surface area contributed by atoms with Gasteiger partial charge in [0.2, 0.25) is 0 Å². The molecular formula is C29H24F3N3O5S. The Kier molecular flexibility index (Phi) is 9.03. The van der Waals surface area contributed by atoms with Crippen LogP contribution in [0.4, 0.5) is 13.2 Å². The van der Waals surface area contributed by atoms with Crippen LogP contribution in [0.2, 0.25) is 0 Å². The number of fused-ring (bicyclic) bond motifs is 3. The lowest BCUT2D eigenvalue weighted by Gasteiger charge is -2.10. The summed E-state index contributed by atoms with van der Waals surface area (Å²) < 4.78 is 40.3. The summed E-state index contributed by atoms with van der Waals surface area (Å²) in [7, 11) is 1.74. The maximum Gasteiger partial charge on any atom is 0.490 e. The summed E-state index contributed by atoms with van der Waals surface area (Å²) in [6, 6.07) is 21.4. The summed E-state index contributed by atoms with van der Waals surface area (Å²) in [6.45, 7) is 0.717. The fourth-order valence-corrected chi connectivity index (χ4v) is 5.19. The summed E-state index contributed by atoms with van der Waals surface area (Å²) in [5.74, 6) is -2.67. The molecule has 5 aromatic rings. The molecule has 2 aromatic carbocycles. The van der Waals surface area contributed by atoms with E-state index in [0.717, 1.165) is 33.2 Å². The average Bonchev–Trinajstić information content (AvgIpc) is 3.36. The predicted molar refractivity (Wildman–Crippen MR) is 149 cm³/mol. The van der Waals surface area contributed by atoms with Gasteiger partial charge in [-0.3, -0.25) is 14.6 Å². The van der Waals surface area contributed by atoms with Gasteiger partial charge in [-0.2, -0.15) is 13.2 Å². The fourth-order valence-electron chi connectivity index (χ4n) is 4.00. The molecule has 41 heavy (non-hydrogen) atoms. The highest BCUT2D eigenvalue weighted by molar-refractivity contribution is 7.22. The number of amides is 1. The first kappa shape index (κ1) is 29.3. The largest absolute Gasteiger partial charge is 0.490 e. The number of aliphatic carboxylic acids is 1. The van der Waals surface area contributed by atoms with Crippen molar-refractivity contribution in [2.75, 3.05) is 6.54 Å². The monoisotopic (exact) mass is 583 g/mol. The molecule has 212 valence electrons. The van der Waals surface area contributed by atoms with Crippen molar-refractivity contribution in [2.24, 2.45) is 7.05 Å². The number of hydrogen-bond acceptors (Lipinski definition) is 6. The smallest absolute Gasteiger partial charge is 0.486 e. The van der Waals surface area contributed by atoms with Crippen LogP contribution < -0.4 is 15.6 Å². The van der Waals surface area contributed by atoms with E-state index < -0.39 is 12.1 Å². The van der Waals surface area contributed by atoms with Crippen molar-refractivity contribution in [3.05, 3.63) is 105 Å². The molecule has 12 heteroatoms. The Morgan fingerprint density at radius 3 is 2.29 bits per heavy atom. The third-order valence-electron chi connectivity index (χ3n) is 6.02. The highest BCUT2D eigenvalue weighted by Crippen LogP contribution is 2.40. The molecule has 0 spiro atoms. The van der Waals surface area contributed by atoms with E-state index in [1.807, 2.05) is 66.7 Å². The molecule has 0 aliphatic carbocycles. The highest BCUT2D eigenvalue weighted by Gasteiger charge is 2.38. The SMILES string of the molecule is Cn1c(=O)c2c(OCc3ccncc3)c(C(=O)NCCc3ccccc3)sc2c2ccccc21.O=C(O)C(F)(F)F. The number of carboxylic acid groups (broad SMARTS) is 1. The first-order chi connectivity index (χ1) is 19.6. The maximum absolute atomic E-state index is 13.4. The van der Waals surface area contributed by atoms with Gasteiger partial charge in [0.15, 0.2) is 5.75 Å². The van der Waals surface area contributed by atoms with Crippen molar-refractivity contribution in [2.45, 2.75) is 19.2 Å². The van der Waals surface area contributed by atoms with Crippen LogP contribution in [0.15, 0.2) is 83.9 Å². The van der Waals surface area contributed by atoms with E-state index in [0.29, 0.717) is 22.6 Å². The van der Waals surface area contributed by atoms with Gasteiger partial charge in [0.05, 0.1) is 10.2 Å². The van der Waals surface area contributed by atoms with E-state index in [1.54, 1.807) is 24.0 Å². The van der Waals surface area contributed by atoms with Gasteiger partial charge >= 0.3 is 12.1 Å². The van der Waals surface area contributed by atoms with E-state index in [9.17, 15) is 22.8 Å². The number of carbonyl (C=O) groups excluding carboxylic acids is 1. The number of para-hydroxylation sites is 1. The molecule has 8 nitrogen and oxygen atoms in total. The van der Waals surface area contributed by atoms with E-state index in [1.165, 1.54) is 11.3 Å². The van der Waals surface area contributed by atoms with Gasteiger partial charge in [-0.25, -0.2) is 4.79 Å². The lowest BCUT2D eigenvalue weighted by Crippen LogP contribution is -2.25. The van der Waals surface area contributed by atoms with Crippen LogP contribution in [0.1, 0.15) is 20.8 Å². The number of halogens is 3. The van der Waals surface area contributed by atoms with Crippen LogP contribution in [0, 0.1) is 0 Å². The van der Waals surface area contributed by atoms with Crippen LogP contribution in [0.5, 0.6) is 5.75 Å². The quantitative estimate of drug-likeness (QED) is 0.268. The third-order valence-corrected chi connectivity index (χ3v) is 7.22. The number of carboxylic acids is 1. The minimum Gasteiger partial charge on any atom is -0.486 e. The zero-order chi connectivity index (χ0) is 29.6. The first-order valence-electron chi connectivity index (χ1n) is 12.3. The molecule has 1 amide bonds. The summed E-state index contributed by atoms with van der Waals surface area (Å²) in [6.07, 6.45) is -0.988. The number of nitrogens with zero attached hydrogens (tertiary/aromatic N) is 2. The van der Waals surface area contributed by atoms with Crippen LogP contribution in [0.25, 0.3) is 21.0 Å². The summed E-state index contributed by atoms with van der Waals surface area (Å²) in [5.41, 5.74) is 2.69. The zero-order valence-electron chi connectivity index (χ0n) is 21.6. The Morgan fingerprint density at radius 1 is 1.00 bits per heavy atom. The minimum absolute atomic E-state index is 0.182. The van der Waals surface area contributed by atoms with Crippen molar-refractivity contribution in [1.29, 1.82) is 0 Å². The molecule has 0 bridgehead atoms. The number of hydrogen-bond donors (Lipinski definition) is 2. The van der Waals surface area contributed by atoms with E-state index in [-0.39, 0.29) is 18.1 Å². The van der Waals surface area contributed by atoms with Gasteiger partial charge in [-0.1, -0.05) is 48.5 Å². The number of aromatic nitrogens is 2. The molecule has 0 aliphatic rings. The molecule has 0 atom stereocenters. The third kappa shape index (κ3) is 6.90. The summed E-state index contributed by atoms with van der Waals surface area (Å²) >= 11 is 1.30. The number of aryl methyl sites for hydroxylation is 1. The molecule has 0 saturated heterocycles. The molecule has 0 fully saturated rings. The topological polar surface area (TPSA) is 111 Å². The number of pyridine rings is 2. The van der Waals surface area contributed by atoms with Crippen molar-refractivity contribution < 1.29 is 32.6 Å². The van der Waals surface area contributed by atoms with Gasteiger partial charge in [0.25, 0.3) is 11.5 Å². The van der Waals surface area contributed by atoms with E-state index >= 15 is 0 Å². The van der Waals surface area contributed by atoms with Gasteiger partial charge in [-0.15, -0.1) is 11.3 Å². The van der Waals surface area contributed by atoms with Gasteiger partial charge in [0, 0.05) is 31.4 Å². The number of benzene rings is 2. The number of thiophene rings is 1. The van der Waals surface area contributed by atoms with E-state index in [4.69, 9.17) is 14.6 Å². The van der Waals surface area contributed by atoms with Crippen LogP contribution in [-0.2, 0) is 24.9 Å². The second kappa shape index (κ2) is 12.6. The van der Waals surface area contributed by atoms with Gasteiger partial charge in [-0.05, 0) is 35.7 Å². The fraction of sp³-hybridized carbons (Fsp3) is 0.172. The van der Waals surface area contributed by atoms with Crippen LogP contribution >= 0.6 is 11.3 Å². The molecule has 3 heterocycles. The average molecular weight is 584 g/mol. The number of carbonyl (C=O) groups is 2. The number of rotatable bonds is 7. The lowest BCUT2D eigenvalue weighted by molar-refractivity contribution is -0.192.